The number of unbranched alkanes of at least 4 members (excludes halogenated alkanes) is 22. The lowest BCUT2D eigenvalue weighted by atomic mass is 10.0. The number of allylic oxidation sites excluding steroid dienone is 4. The number of hydrogen-bond acceptors (Lipinski definition) is 7. The van der Waals surface area contributed by atoms with Crippen molar-refractivity contribution in [2.24, 2.45) is 5.73 Å². The predicted molar refractivity (Wildman–Crippen MR) is 214 cm³/mol. The lowest BCUT2D eigenvalue weighted by Gasteiger charge is -2.23. The Kier molecular flexibility index (Phi) is 36.1. The summed E-state index contributed by atoms with van der Waals surface area (Å²) in [6.07, 6.45) is 39.7. The van der Waals surface area contributed by atoms with Gasteiger partial charge < -0.3 is 26.2 Å². The number of nitrogens with two attached hydrogens (primary N) is 1. The van der Waals surface area contributed by atoms with Crippen molar-refractivity contribution in [3.63, 3.8) is 0 Å². The molecule has 0 heterocycles. The summed E-state index contributed by atoms with van der Waals surface area (Å²) in [6, 6.07) is -1.01. The van der Waals surface area contributed by atoms with Gasteiger partial charge in [0.25, 0.3) is 0 Å². The number of aliphatic hydroxyl groups excluding tert-OH is 2. The van der Waals surface area contributed by atoms with Crippen molar-refractivity contribution in [3.8, 4) is 0 Å². The molecule has 1 amide bonds. The standard InChI is InChI=1S/C41H79N2O7P/c1-3-5-7-9-11-13-15-16-17-18-19-20-21-23-25-27-29-31-33-40(45)39(37-50-51(47,48)49-35-34-42)43-41(46)36-38(44)32-30-28-26-24-22-14-12-10-8-6-4-2/h24,26,30-33,38-40,44-45H,3-23,25,27-29,34-37,42H2,1-2H3,(H,43,46)(H,47,48)/b26-24-,32-30-,33-31+. The Morgan fingerprint density at radius 3 is 1.63 bits per heavy atom. The van der Waals surface area contributed by atoms with Crippen molar-refractivity contribution >= 4 is 13.7 Å². The number of carbonyl (C=O) groups excluding carboxylic acids is 1. The molecule has 6 N–H and O–H groups in total. The smallest absolute Gasteiger partial charge is 0.389 e. The van der Waals surface area contributed by atoms with Crippen LogP contribution in [0, 0.1) is 0 Å². The minimum Gasteiger partial charge on any atom is -0.389 e. The molecule has 0 saturated carbocycles. The normalized spacial score (nSPS) is 15.2. The summed E-state index contributed by atoms with van der Waals surface area (Å²) in [4.78, 5) is 22.6. The molecule has 4 unspecified atom stereocenters. The Bertz CT molecular complexity index is 914. The van der Waals surface area contributed by atoms with Crippen molar-refractivity contribution in [1.29, 1.82) is 0 Å². The van der Waals surface area contributed by atoms with Gasteiger partial charge in [-0.25, -0.2) is 4.57 Å². The molecular weight excluding hydrogens is 663 g/mol. The molecular formula is C41H79N2O7P. The second-order valence-corrected chi connectivity index (χ2v) is 15.5. The summed E-state index contributed by atoms with van der Waals surface area (Å²) in [5, 5.41) is 23.8. The molecule has 9 nitrogen and oxygen atoms in total. The van der Waals surface area contributed by atoms with Gasteiger partial charge in [0.15, 0.2) is 0 Å². The molecule has 0 spiro atoms. The van der Waals surface area contributed by atoms with E-state index in [9.17, 15) is 24.5 Å². The van der Waals surface area contributed by atoms with Crippen LogP contribution in [0.15, 0.2) is 36.5 Å². The van der Waals surface area contributed by atoms with Crippen molar-refractivity contribution in [1.82, 2.24) is 5.32 Å². The summed E-state index contributed by atoms with van der Waals surface area (Å²) < 4.78 is 22.0. The van der Waals surface area contributed by atoms with Gasteiger partial charge >= 0.3 is 7.82 Å². The van der Waals surface area contributed by atoms with Crippen LogP contribution >= 0.6 is 7.82 Å². The number of hydrogen-bond donors (Lipinski definition) is 5. The third-order valence-electron chi connectivity index (χ3n) is 9.02. The molecule has 4 atom stereocenters. The summed E-state index contributed by atoms with van der Waals surface area (Å²) in [6.45, 7) is 3.90. The molecule has 0 fully saturated rings. The van der Waals surface area contributed by atoms with E-state index >= 15 is 0 Å². The predicted octanol–water partition coefficient (Wildman–Crippen LogP) is 10.1. The molecule has 0 aromatic heterocycles. The number of rotatable bonds is 38. The van der Waals surface area contributed by atoms with Crippen LogP contribution in [0.2, 0.25) is 0 Å². The van der Waals surface area contributed by atoms with Crippen LogP contribution in [-0.4, -0.2) is 59.0 Å². The first kappa shape index (κ1) is 49.7. The maximum Gasteiger partial charge on any atom is 0.472 e. The lowest BCUT2D eigenvalue weighted by molar-refractivity contribution is -0.124. The van der Waals surface area contributed by atoms with E-state index in [4.69, 9.17) is 14.8 Å². The average molecular weight is 743 g/mol. The Labute approximate surface area is 312 Å². The largest absolute Gasteiger partial charge is 0.472 e. The quantitative estimate of drug-likeness (QED) is 0.0238. The van der Waals surface area contributed by atoms with Crippen molar-refractivity contribution in [2.45, 2.75) is 199 Å². The monoisotopic (exact) mass is 743 g/mol. The van der Waals surface area contributed by atoms with Gasteiger partial charge in [-0.3, -0.25) is 13.8 Å². The Hall–Kier alpha value is -1.32. The third kappa shape index (κ3) is 35.5. The molecule has 0 aliphatic rings. The van der Waals surface area contributed by atoms with Crippen molar-refractivity contribution in [2.75, 3.05) is 19.8 Å². The molecule has 0 saturated heterocycles. The minimum atomic E-state index is -4.41. The fraction of sp³-hybridized carbons (Fsp3) is 0.829. The van der Waals surface area contributed by atoms with E-state index in [1.807, 2.05) is 12.2 Å². The van der Waals surface area contributed by atoms with Crippen LogP contribution in [0.3, 0.4) is 0 Å². The van der Waals surface area contributed by atoms with Gasteiger partial charge in [0.05, 0.1) is 37.9 Å². The van der Waals surface area contributed by atoms with Gasteiger partial charge in [-0.2, -0.15) is 0 Å². The van der Waals surface area contributed by atoms with Gasteiger partial charge in [0.2, 0.25) is 5.91 Å². The highest BCUT2D eigenvalue weighted by Crippen LogP contribution is 2.43. The second kappa shape index (κ2) is 37.0. The zero-order valence-electron chi connectivity index (χ0n) is 32.7. The third-order valence-corrected chi connectivity index (χ3v) is 10.0. The van der Waals surface area contributed by atoms with Crippen molar-refractivity contribution < 1.29 is 33.5 Å². The van der Waals surface area contributed by atoms with Gasteiger partial charge in [0, 0.05) is 6.54 Å². The number of carbonyl (C=O) groups is 1. The van der Waals surface area contributed by atoms with E-state index in [1.54, 1.807) is 12.2 Å². The molecule has 300 valence electrons. The zero-order valence-corrected chi connectivity index (χ0v) is 33.6. The topological polar surface area (TPSA) is 151 Å². The summed E-state index contributed by atoms with van der Waals surface area (Å²) in [7, 11) is -4.41. The zero-order chi connectivity index (χ0) is 37.7. The Morgan fingerprint density at radius 2 is 1.14 bits per heavy atom. The minimum absolute atomic E-state index is 0.0408. The van der Waals surface area contributed by atoms with Crippen LogP contribution in [0.4, 0.5) is 0 Å². The van der Waals surface area contributed by atoms with E-state index in [0.29, 0.717) is 6.42 Å². The van der Waals surface area contributed by atoms with Gasteiger partial charge in [0.1, 0.15) is 0 Å². The number of phosphoric ester groups is 1. The van der Waals surface area contributed by atoms with Crippen LogP contribution < -0.4 is 11.1 Å². The van der Waals surface area contributed by atoms with E-state index in [-0.39, 0.29) is 19.6 Å². The second-order valence-electron chi connectivity index (χ2n) is 14.0. The van der Waals surface area contributed by atoms with E-state index in [2.05, 4.69) is 31.3 Å². The maximum atomic E-state index is 12.7. The Balaban J connectivity index is 4.43. The first-order valence-corrected chi connectivity index (χ1v) is 22.2. The molecule has 0 rings (SSSR count). The number of phosphoric acid groups is 1. The molecule has 0 aromatic carbocycles. The average Bonchev–Trinajstić information content (AvgIpc) is 3.10. The molecule has 0 aliphatic heterocycles. The first-order valence-electron chi connectivity index (χ1n) is 20.7. The van der Waals surface area contributed by atoms with Crippen LogP contribution in [0.5, 0.6) is 0 Å². The molecule has 51 heavy (non-hydrogen) atoms. The fourth-order valence-electron chi connectivity index (χ4n) is 5.88. The fourth-order valence-corrected chi connectivity index (χ4v) is 6.64. The van der Waals surface area contributed by atoms with Gasteiger partial charge in [-0.15, -0.1) is 0 Å². The molecule has 0 aromatic rings. The van der Waals surface area contributed by atoms with Crippen LogP contribution in [0.1, 0.15) is 181 Å². The first-order chi connectivity index (χ1) is 24.8. The molecule has 10 heteroatoms. The number of nitrogens with one attached hydrogen (secondary N) is 1. The SMILES string of the molecule is CCCCCCCC/C=C\C/C=C\C(O)CC(=O)NC(COP(=O)(O)OCCN)C(O)/C=C/CCCCCCCCCCCCCCCCCC. The lowest BCUT2D eigenvalue weighted by Crippen LogP contribution is -2.46. The maximum absolute atomic E-state index is 12.7. The molecule has 0 radical (unpaired) electrons. The highest BCUT2D eigenvalue weighted by Gasteiger charge is 2.27. The number of amides is 1. The Morgan fingerprint density at radius 1 is 0.667 bits per heavy atom. The van der Waals surface area contributed by atoms with E-state index in [1.165, 1.54) is 128 Å². The van der Waals surface area contributed by atoms with Crippen LogP contribution in [-0.2, 0) is 18.4 Å². The summed E-state index contributed by atoms with van der Waals surface area (Å²) in [5.74, 6) is -0.514. The van der Waals surface area contributed by atoms with E-state index in [0.717, 1.165) is 25.7 Å². The summed E-state index contributed by atoms with van der Waals surface area (Å²) in [5.41, 5.74) is 5.35. The number of aliphatic hydroxyl groups is 2. The molecule has 0 aliphatic carbocycles. The highest BCUT2D eigenvalue weighted by molar-refractivity contribution is 7.47. The van der Waals surface area contributed by atoms with Crippen LogP contribution in [0.25, 0.3) is 0 Å². The molecule has 0 bridgehead atoms. The van der Waals surface area contributed by atoms with E-state index < -0.39 is 38.6 Å². The summed E-state index contributed by atoms with van der Waals surface area (Å²) >= 11 is 0. The van der Waals surface area contributed by atoms with Crippen molar-refractivity contribution in [3.05, 3.63) is 36.5 Å². The highest BCUT2D eigenvalue weighted by atomic mass is 31.2. The van der Waals surface area contributed by atoms with Gasteiger partial charge in [-0.1, -0.05) is 179 Å². The van der Waals surface area contributed by atoms with Gasteiger partial charge in [-0.05, 0) is 32.1 Å².